The van der Waals surface area contributed by atoms with Crippen molar-refractivity contribution in [3.05, 3.63) is 65.2 Å². The molecule has 21 heavy (non-hydrogen) atoms. The molecule has 2 rings (SSSR count). The summed E-state index contributed by atoms with van der Waals surface area (Å²) < 4.78 is 5.30. The predicted molar refractivity (Wildman–Crippen MR) is 86.1 cm³/mol. The molecule has 0 radical (unpaired) electrons. The van der Waals surface area contributed by atoms with Crippen molar-refractivity contribution < 1.29 is 9.53 Å². The lowest BCUT2D eigenvalue weighted by Gasteiger charge is -2.23. The van der Waals surface area contributed by atoms with Crippen LogP contribution in [0.15, 0.2) is 54.6 Å². The fraction of sp³-hybridized carbons (Fsp3) is 0.235. The lowest BCUT2D eigenvalue weighted by Crippen LogP contribution is -2.28. The maximum Gasteiger partial charge on any atom is 0.338 e. The van der Waals surface area contributed by atoms with Crippen molar-refractivity contribution in [3.8, 4) is 0 Å². The molecule has 0 fully saturated rings. The highest BCUT2D eigenvalue weighted by atomic mass is 35.5. The molecule has 2 aromatic rings. The number of rotatable bonds is 6. The summed E-state index contributed by atoms with van der Waals surface area (Å²) in [7, 11) is 0. The highest BCUT2D eigenvalue weighted by Crippen LogP contribution is 2.19. The van der Waals surface area contributed by atoms with E-state index in [4.69, 9.17) is 16.3 Å². The molecule has 0 bridgehead atoms. The van der Waals surface area contributed by atoms with Crippen LogP contribution in [-0.2, 0) is 4.74 Å². The van der Waals surface area contributed by atoms with Gasteiger partial charge in [-0.05, 0) is 37.3 Å². The number of halogens is 1. The number of likely N-dealkylation sites (N-methyl/N-ethyl adjacent to an activating group) is 1. The SMILES string of the molecule is CCN(CCOC(=O)c1ccccc1)c1cccc(Cl)c1. The van der Waals surface area contributed by atoms with Gasteiger partial charge < -0.3 is 9.64 Å². The molecule has 0 saturated heterocycles. The summed E-state index contributed by atoms with van der Waals surface area (Å²) in [4.78, 5) is 14.0. The average Bonchev–Trinajstić information content (AvgIpc) is 2.52. The van der Waals surface area contributed by atoms with Gasteiger partial charge in [0.1, 0.15) is 6.61 Å². The van der Waals surface area contributed by atoms with Gasteiger partial charge >= 0.3 is 5.97 Å². The Balaban J connectivity index is 1.88. The first-order valence-corrected chi connectivity index (χ1v) is 7.31. The van der Waals surface area contributed by atoms with Crippen molar-refractivity contribution >= 4 is 23.3 Å². The fourth-order valence-electron chi connectivity index (χ4n) is 2.05. The molecule has 110 valence electrons. The fourth-order valence-corrected chi connectivity index (χ4v) is 2.23. The number of hydrogen-bond donors (Lipinski definition) is 0. The van der Waals surface area contributed by atoms with E-state index in [1.54, 1.807) is 12.1 Å². The van der Waals surface area contributed by atoms with Crippen LogP contribution in [0.1, 0.15) is 17.3 Å². The summed E-state index contributed by atoms with van der Waals surface area (Å²) in [5.41, 5.74) is 1.60. The van der Waals surface area contributed by atoms with E-state index in [1.165, 1.54) is 0 Å². The van der Waals surface area contributed by atoms with Crippen LogP contribution in [0, 0.1) is 0 Å². The highest BCUT2D eigenvalue weighted by molar-refractivity contribution is 6.30. The van der Waals surface area contributed by atoms with Gasteiger partial charge in [-0.25, -0.2) is 4.79 Å². The molecule has 0 aliphatic carbocycles. The summed E-state index contributed by atoms with van der Waals surface area (Å²) in [6.45, 7) is 3.85. The Kier molecular flexibility index (Phi) is 5.64. The molecule has 0 N–H and O–H groups in total. The van der Waals surface area contributed by atoms with Crippen LogP contribution < -0.4 is 4.90 Å². The standard InChI is InChI=1S/C17H18ClNO2/c1-2-19(16-10-6-9-15(18)13-16)11-12-21-17(20)14-7-4-3-5-8-14/h3-10,13H,2,11-12H2,1H3. The first-order chi connectivity index (χ1) is 10.2. The molecule has 3 nitrogen and oxygen atoms in total. The lowest BCUT2D eigenvalue weighted by atomic mass is 10.2. The van der Waals surface area contributed by atoms with E-state index < -0.39 is 0 Å². The molecule has 0 amide bonds. The van der Waals surface area contributed by atoms with Crippen LogP contribution in [0.25, 0.3) is 0 Å². The lowest BCUT2D eigenvalue weighted by molar-refractivity contribution is 0.0515. The van der Waals surface area contributed by atoms with E-state index in [1.807, 2.05) is 42.5 Å². The molecule has 2 aromatic carbocycles. The van der Waals surface area contributed by atoms with Gasteiger partial charge in [-0.3, -0.25) is 0 Å². The van der Waals surface area contributed by atoms with E-state index in [-0.39, 0.29) is 5.97 Å². The monoisotopic (exact) mass is 303 g/mol. The number of anilines is 1. The van der Waals surface area contributed by atoms with Gasteiger partial charge in [0.05, 0.1) is 12.1 Å². The minimum Gasteiger partial charge on any atom is -0.460 e. The number of ether oxygens (including phenoxy) is 1. The summed E-state index contributed by atoms with van der Waals surface area (Å²) in [5.74, 6) is -0.294. The van der Waals surface area contributed by atoms with E-state index in [9.17, 15) is 4.79 Å². The number of carbonyl (C=O) groups excluding carboxylic acids is 1. The van der Waals surface area contributed by atoms with Crippen molar-refractivity contribution in [3.63, 3.8) is 0 Å². The molecule has 0 aromatic heterocycles. The third-order valence-corrected chi connectivity index (χ3v) is 3.39. The van der Waals surface area contributed by atoms with Crippen LogP contribution in [0.2, 0.25) is 5.02 Å². The number of esters is 1. The third-order valence-electron chi connectivity index (χ3n) is 3.16. The predicted octanol–water partition coefficient (Wildman–Crippen LogP) is 4.02. The number of nitrogens with zero attached hydrogens (tertiary/aromatic N) is 1. The molecule has 0 aliphatic heterocycles. The second kappa shape index (κ2) is 7.70. The van der Waals surface area contributed by atoms with E-state index in [2.05, 4.69) is 11.8 Å². The quantitative estimate of drug-likeness (QED) is 0.755. The van der Waals surface area contributed by atoms with Gasteiger partial charge in [-0.2, -0.15) is 0 Å². The van der Waals surface area contributed by atoms with E-state index in [0.29, 0.717) is 23.7 Å². The Morgan fingerprint density at radius 3 is 2.57 bits per heavy atom. The average molecular weight is 304 g/mol. The Morgan fingerprint density at radius 1 is 1.14 bits per heavy atom. The minimum atomic E-state index is -0.294. The molecule has 0 saturated carbocycles. The van der Waals surface area contributed by atoms with Crippen LogP contribution in [0.4, 0.5) is 5.69 Å². The number of carbonyl (C=O) groups is 1. The zero-order valence-electron chi connectivity index (χ0n) is 12.0. The normalized spacial score (nSPS) is 10.2. The molecule has 0 spiro atoms. The minimum absolute atomic E-state index is 0.294. The van der Waals surface area contributed by atoms with Crippen LogP contribution in [0.5, 0.6) is 0 Å². The summed E-state index contributed by atoms with van der Waals surface area (Å²) >= 11 is 6.00. The van der Waals surface area contributed by atoms with Crippen LogP contribution >= 0.6 is 11.6 Å². The Hall–Kier alpha value is -2.00. The summed E-state index contributed by atoms with van der Waals surface area (Å²) in [6.07, 6.45) is 0. The first-order valence-electron chi connectivity index (χ1n) is 6.93. The Labute approximate surface area is 130 Å². The largest absolute Gasteiger partial charge is 0.460 e. The number of benzene rings is 2. The van der Waals surface area contributed by atoms with Gasteiger partial charge in [0.2, 0.25) is 0 Å². The molecule has 0 heterocycles. The zero-order valence-corrected chi connectivity index (χ0v) is 12.7. The highest BCUT2D eigenvalue weighted by Gasteiger charge is 2.08. The van der Waals surface area contributed by atoms with Crippen molar-refractivity contribution in [2.45, 2.75) is 6.92 Å². The molecule has 0 unspecified atom stereocenters. The summed E-state index contributed by atoms with van der Waals surface area (Å²) in [5, 5.41) is 0.701. The van der Waals surface area contributed by atoms with Gasteiger partial charge in [-0.15, -0.1) is 0 Å². The van der Waals surface area contributed by atoms with Gasteiger partial charge in [0, 0.05) is 17.3 Å². The molecular weight excluding hydrogens is 286 g/mol. The van der Waals surface area contributed by atoms with Gasteiger partial charge in [0.15, 0.2) is 0 Å². The van der Waals surface area contributed by atoms with E-state index in [0.717, 1.165) is 12.2 Å². The molecular formula is C17H18ClNO2. The Morgan fingerprint density at radius 2 is 1.90 bits per heavy atom. The van der Waals surface area contributed by atoms with E-state index >= 15 is 0 Å². The van der Waals surface area contributed by atoms with Gasteiger partial charge in [-0.1, -0.05) is 35.9 Å². The summed E-state index contributed by atoms with van der Waals surface area (Å²) in [6, 6.07) is 16.7. The molecule has 4 heteroatoms. The molecule has 0 aliphatic rings. The van der Waals surface area contributed by atoms with Crippen LogP contribution in [0.3, 0.4) is 0 Å². The van der Waals surface area contributed by atoms with Crippen LogP contribution in [-0.4, -0.2) is 25.7 Å². The Bertz CT molecular complexity index is 586. The van der Waals surface area contributed by atoms with Gasteiger partial charge in [0.25, 0.3) is 0 Å². The zero-order chi connectivity index (χ0) is 15.1. The van der Waals surface area contributed by atoms with Crippen molar-refractivity contribution in [2.75, 3.05) is 24.6 Å². The third kappa shape index (κ3) is 4.50. The van der Waals surface area contributed by atoms with Crippen molar-refractivity contribution in [1.82, 2.24) is 0 Å². The van der Waals surface area contributed by atoms with Crippen molar-refractivity contribution in [2.24, 2.45) is 0 Å². The topological polar surface area (TPSA) is 29.5 Å². The number of hydrogen-bond acceptors (Lipinski definition) is 3. The maximum atomic E-state index is 11.8. The maximum absolute atomic E-state index is 11.8. The molecule has 0 atom stereocenters. The van der Waals surface area contributed by atoms with Crippen molar-refractivity contribution in [1.29, 1.82) is 0 Å². The second-order valence-electron chi connectivity index (χ2n) is 4.56. The smallest absolute Gasteiger partial charge is 0.338 e. The first kappa shape index (κ1) is 15.4. The second-order valence-corrected chi connectivity index (χ2v) is 5.00.